The number of benzene rings is 2. The lowest BCUT2D eigenvalue weighted by Crippen LogP contribution is -2.26. The van der Waals surface area contributed by atoms with E-state index in [1.54, 1.807) is 12.1 Å². The highest BCUT2D eigenvalue weighted by Crippen LogP contribution is 2.18. The monoisotopic (exact) mass is 384 g/mol. The molecular weight excluding hydrogens is 367 g/mol. The molecule has 0 aliphatic rings. The summed E-state index contributed by atoms with van der Waals surface area (Å²) in [4.78, 5) is 12.0. The number of carbonyl (C=O) groups is 1. The normalized spacial score (nSPS) is 11.2. The number of carbonyl (C=O) groups excluding carboxylic acids is 1. The van der Waals surface area contributed by atoms with Crippen LogP contribution in [-0.2, 0) is 16.4 Å². The molecule has 0 spiro atoms. The second-order valence-electron chi connectivity index (χ2n) is 5.53. The van der Waals surface area contributed by atoms with E-state index in [1.807, 2.05) is 12.1 Å². The molecule has 0 aliphatic carbocycles. The van der Waals surface area contributed by atoms with E-state index >= 15 is 0 Å². The molecule has 5 nitrogen and oxygen atoms in total. The van der Waals surface area contributed by atoms with Crippen LogP contribution in [-0.4, -0.2) is 27.1 Å². The van der Waals surface area contributed by atoms with Gasteiger partial charge in [-0.3, -0.25) is 9.52 Å². The minimum absolute atomic E-state index is 0.0754. The Bertz CT molecular complexity index is 834. The summed E-state index contributed by atoms with van der Waals surface area (Å²) in [5, 5.41) is 2.71. The van der Waals surface area contributed by atoms with Gasteiger partial charge in [0, 0.05) is 12.2 Å². The van der Waals surface area contributed by atoms with E-state index in [9.17, 15) is 17.6 Å². The third-order valence-corrected chi connectivity index (χ3v) is 4.30. The summed E-state index contributed by atoms with van der Waals surface area (Å²) in [6, 6.07) is 11.1. The van der Waals surface area contributed by atoms with Gasteiger partial charge in [0.1, 0.15) is 5.82 Å². The van der Waals surface area contributed by atoms with E-state index in [4.69, 9.17) is 11.6 Å². The Labute approximate surface area is 151 Å². The van der Waals surface area contributed by atoms with Gasteiger partial charge in [0.25, 0.3) is 5.91 Å². The van der Waals surface area contributed by atoms with Gasteiger partial charge in [0.2, 0.25) is 10.0 Å². The number of amides is 1. The van der Waals surface area contributed by atoms with Crippen LogP contribution in [0.25, 0.3) is 0 Å². The average Bonchev–Trinajstić information content (AvgIpc) is 2.51. The second kappa shape index (κ2) is 8.31. The van der Waals surface area contributed by atoms with Gasteiger partial charge in [-0.05, 0) is 42.7 Å². The zero-order valence-electron chi connectivity index (χ0n) is 13.6. The van der Waals surface area contributed by atoms with Gasteiger partial charge < -0.3 is 5.32 Å². The van der Waals surface area contributed by atoms with E-state index in [0.29, 0.717) is 25.1 Å². The maximum Gasteiger partial charge on any atom is 0.255 e. The molecule has 0 aromatic heterocycles. The van der Waals surface area contributed by atoms with Crippen LogP contribution in [0, 0.1) is 5.82 Å². The number of sulfonamides is 1. The third-order valence-electron chi connectivity index (χ3n) is 3.37. The highest BCUT2D eigenvalue weighted by molar-refractivity contribution is 7.92. The fraction of sp³-hybridized carbons (Fsp3) is 0.235. The van der Waals surface area contributed by atoms with Gasteiger partial charge in [0.05, 0.1) is 16.8 Å². The number of hydrogen-bond donors (Lipinski definition) is 2. The molecule has 2 aromatic carbocycles. The zero-order valence-corrected chi connectivity index (χ0v) is 15.1. The second-order valence-corrected chi connectivity index (χ2v) is 7.68. The van der Waals surface area contributed by atoms with E-state index in [2.05, 4.69) is 10.0 Å². The minimum Gasteiger partial charge on any atom is -0.352 e. The number of halogens is 2. The number of nitrogens with one attached hydrogen (secondary N) is 2. The largest absolute Gasteiger partial charge is 0.352 e. The third kappa shape index (κ3) is 6.03. The van der Waals surface area contributed by atoms with Crippen molar-refractivity contribution in [1.29, 1.82) is 0 Å². The summed E-state index contributed by atoms with van der Waals surface area (Å²) in [5.74, 6) is -1.20. The summed E-state index contributed by atoms with van der Waals surface area (Å²) < 4.78 is 38.3. The van der Waals surface area contributed by atoms with Crippen molar-refractivity contribution in [2.75, 3.05) is 17.5 Å². The van der Waals surface area contributed by atoms with Crippen LogP contribution < -0.4 is 10.0 Å². The summed E-state index contributed by atoms with van der Waals surface area (Å²) >= 11 is 5.84. The topological polar surface area (TPSA) is 75.3 Å². The molecule has 25 heavy (non-hydrogen) atoms. The number of rotatable bonds is 7. The minimum atomic E-state index is -3.29. The highest BCUT2D eigenvalue weighted by Gasteiger charge is 2.14. The lowest BCUT2D eigenvalue weighted by atomic mass is 10.1. The molecular formula is C17H18ClFN2O3S. The first-order valence-electron chi connectivity index (χ1n) is 7.55. The maximum atomic E-state index is 13.6. The SMILES string of the molecule is CS(=O)(=O)Nc1ccc(CCCNC(=O)c2c(F)cccc2Cl)cc1. The van der Waals surface area contributed by atoms with Gasteiger partial charge in [-0.15, -0.1) is 0 Å². The Balaban J connectivity index is 1.82. The fourth-order valence-electron chi connectivity index (χ4n) is 2.25. The van der Waals surface area contributed by atoms with Crippen LogP contribution in [0.3, 0.4) is 0 Å². The standard InChI is InChI=1S/C17H18ClFN2O3S/c1-25(23,24)21-13-9-7-12(8-10-13)4-3-11-20-17(22)16-14(18)5-2-6-15(16)19/h2,5-10,21H,3-4,11H2,1H3,(H,20,22). The zero-order chi connectivity index (χ0) is 18.4. The first-order valence-corrected chi connectivity index (χ1v) is 9.82. The highest BCUT2D eigenvalue weighted by atomic mass is 35.5. The van der Waals surface area contributed by atoms with E-state index < -0.39 is 21.7 Å². The summed E-state index contributed by atoms with van der Waals surface area (Å²) in [6.07, 6.45) is 2.42. The van der Waals surface area contributed by atoms with Gasteiger partial charge in [-0.25, -0.2) is 12.8 Å². The fourth-order valence-corrected chi connectivity index (χ4v) is 3.06. The van der Waals surface area contributed by atoms with Crippen molar-refractivity contribution >= 4 is 33.2 Å². The molecule has 2 N–H and O–H groups in total. The van der Waals surface area contributed by atoms with Crippen molar-refractivity contribution in [3.63, 3.8) is 0 Å². The van der Waals surface area contributed by atoms with E-state index in [0.717, 1.165) is 11.8 Å². The van der Waals surface area contributed by atoms with Gasteiger partial charge in [0.15, 0.2) is 0 Å². The van der Waals surface area contributed by atoms with Crippen molar-refractivity contribution in [3.05, 3.63) is 64.4 Å². The van der Waals surface area contributed by atoms with Crippen molar-refractivity contribution in [3.8, 4) is 0 Å². The molecule has 2 rings (SSSR count). The first-order chi connectivity index (χ1) is 11.8. The molecule has 0 heterocycles. The predicted molar refractivity (Wildman–Crippen MR) is 97.0 cm³/mol. The summed E-state index contributed by atoms with van der Waals surface area (Å²) in [7, 11) is -3.29. The smallest absolute Gasteiger partial charge is 0.255 e. The Hall–Kier alpha value is -2.12. The summed E-state index contributed by atoms with van der Waals surface area (Å²) in [6.45, 7) is 0.368. The predicted octanol–water partition coefficient (Wildman–Crippen LogP) is 3.21. The van der Waals surface area contributed by atoms with E-state index in [1.165, 1.54) is 18.2 Å². The molecule has 8 heteroatoms. The molecule has 0 bridgehead atoms. The van der Waals surface area contributed by atoms with Crippen LogP contribution in [0.4, 0.5) is 10.1 Å². The maximum absolute atomic E-state index is 13.6. The van der Waals surface area contributed by atoms with Gasteiger partial charge in [-0.1, -0.05) is 29.8 Å². The number of hydrogen-bond acceptors (Lipinski definition) is 3. The van der Waals surface area contributed by atoms with Crippen molar-refractivity contribution in [2.24, 2.45) is 0 Å². The first kappa shape index (κ1) is 19.2. The molecule has 0 saturated heterocycles. The van der Waals surface area contributed by atoms with Crippen molar-refractivity contribution < 1.29 is 17.6 Å². The quantitative estimate of drug-likeness (QED) is 0.720. The lowest BCUT2D eigenvalue weighted by molar-refractivity contribution is 0.0949. The van der Waals surface area contributed by atoms with Crippen molar-refractivity contribution in [2.45, 2.75) is 12.8 Å². The molecule has 2 aromatic rings. The molecule has 0 fully saturated rings. The summed E-state index contributed by atoms with van der Waals surface area (Å²) in [5.41, 5.74) is 1.34. The molecule has 0 atom stereocenters. The van der Waals surface area contributed by atoms with Crippen LogP contribution >= 0.6 is 11.6 Å². The molecule has 1 amide bonds. The Kier molecular flexibility index (Phi) is 6.39. The van der Waals surface area contributed by atoms with Gasteiger partial charge in [-0.2, -0.15) is 0 Å². The number of anilines is 1. The number of aryl methyl sites for hydroxylation is 1. The van der Waals surface area contributed by atoms with Crippen LogP contribution in [0.1, 0.15) is 22.3 Å². The Morgan fingerprint density at radius 2 is 1.84 bits per heavy atom. The van der Waals surface area contributed by atoms with Crippen LogP contribution in [0.5, 0.6) is 0 Å². The van der Waals surface area contributed by atoms with Crippen LogP contribution in [0.15, 0.2) is 42.5 Å². The molecule has 0 unspecified atom stereocenters. The van der Waals surface area contributed by atoms with Gasteiger partial charge >= 0.3 is 0 Å². The van der Waals surface area contributed by atoms with Crippen LogP contribution in [0.2, 0.25) is 5.02 Å². The molecule has 0 saturated carbocycles. The van der Waals surface area contributed by atoms with E-state index in [-0.39, 0.29) is 10.6 Å². The molecule has 0 radical (unpaired) electrons. The molecule has 134 valence electrons. The van der Waals surface area contributed by atoms with Crippen molar-refractivity contribution in [1.82, 2.24) is 5.32 Å². The Morgan fingerprint density at radius 3 is 2.44 bits per heavy atom. The average molecular weight is 385 g/mol. The lowest BCUT2D eigenvalue weighted by Gasteiger charge is -2.08. The molecule has 0 aliphatic heterocycles. The Morgan fingerprint density at radius 1 is 1.16 bits per heavy atom.